The van der Waals surface area contributed by atoms with Gasteiger partial charge >= 0.3 is 6.36 Å². The zero-order valence-corrected chi connectivity index (χ0v) is 11.8. The summed E-state index contributed by atoms with van der Waals surface area (Å²) in [5.74, 6) is -0.253. The van der Waals surface area contributed by atoms with Crippen LogP contribution in [0.2, 0.25) is 0 Å². The molecule has 1 aromatic carbocycles. The number of ether oxygens (including phenoxy) is 2. The molecule has 0 aliphatic carbocycles. The second-order valence-corrected chi connectivity index (χ2v) is 5.70. The second-order valence-electron chi connectivity index (χ2n) is 4.85. The van der Waals surface area contributed by atoms with Crippen molar-refractivity contribution in [3.8, 4) is 5.75 Å². The molecule has 1 fully saturated rings. The Morgan fingerprint density at radius 3 is 2.58 bits per heavy atom. The maximum absolute atomic E-state index is 12.1. The number of halogens is 4. The molecule has 0 amide bonds. The fraction of sp³-hybridized carbons (Fsp3) is 0.500. The summed E-state index contributed by atoms with van der Waals surface area (Å²) in [4.78, 5) is 0. The van der Waals surface area contributed by atoms with Gasteiger partial charge in [0.1, 0.15) is 5.75 Å². The van der Waals surface area contributed by atoms with Crippen LogP contribution >= 0.6 is 15.9 Å². The first-order valence-corrected chi connectivity index (χ1v) is 6.44. The third-order valence-electron chi connectivity index (χ3n) is 2.78. The Labute approximate surface area is 117 Å². The molecule has 2 rings (SSSR count). The highest BCUT2D eigenvalue weighted by Crippen LogP contribution is 2.33. The molecule has 106 valence electrons. The van der Waals surface area contributed by atoms with Crippen molar-refractivity contribution in [1.29, 1.82) is 0 Å². The van der Waals surface area contributed by atoms with E-state index in [1.165, 1.54) is 6.07 Å². The van der Waals surface area contributed by atoms with Crippen molar-refractivity contribution in [2.24, 2.45) is 5.41 Å². The summed E-state index contributed by atoms with van der Waals surface area (Å²) in [5, 5.41) is 3.17. The van der Waals surface area contributed by atoms with Gasteiger partial charge in [-0.25, -0.2) is 0 Å². The van der Waals surface area contributed by atoms with Gasteiger partial charge in [0.2, 0.25) is 0 Å². The van der Waals surface area contributed by atoms with Crippen molar-refractivity contribution in [3.05, 3.63) is 22.7 Å². The van der Waals surface area contributed by atoms with Crippen LogP contribution in [0.15, 0.2) is 22.7 Å². The van der Waals surface area contributed by atoms with Gasteiger partial charge in [0, 0.05) is 17.6 Å². The molecular formula is C12H13BrF3NO2. The third-order valence-corrected chi connectivity index (χ3v) is 3.40. The van der Waals surface area contributed by atoms with Crippen LogP contribution in [0, 0.1) is 5.41 Å². The van der Waals surface area contributed by atoms with E-state index in [-0.39, 0.29) is 15.6 Å². The molecule has 1 saturated heterocycles. The molecule has 0 saturated carbocycles. The lowest BCUT2D eigenvalue weighted by Crippen LogP contribution is -2.45. The lowest BCUT2D eigenvalue weighted by Gasteiger charge is -2.38. The predicted octanol–water partition coefficient (Wildman–Crippen LogP) is 3.80. The number of rotatable bonds is 4. The fourth-order valence-electron chi connectivity index (χ4n) is 1.69. The van der Waals surface area contributed by atoms with Crippen molar-refractivity contribution >= 4 is 21.6 Å². The number of nitrogens with one attached hydrogen (secondary N) is 1. The number of benzene rings is 1. The number of hydrogen-bond acceptors (Lipinski definition) is 3. The van der Waals surface area contributed by atoms with Crippen LogP contribution in [0.25, 0.3) is 0 Å². The summed E-state index contributed by atoms with van der Waals surface area (Å²) < 4.78 is 45.6. The monoisotopic (exact) mass is 339 g/mol. The molecule has 19 heavy (non-hydrogen) atoms. The van der Waals surface area contributed by atoms with Gasteiger partial charge in [-0.1, -0.05) is 6.92 Å². The fourth-order valence-corrected chi connectivity index (χ4v) is 2.15. The van der Waals surface area contributed by atoms with Gasteiger partial charge in [-0.05, 0) is 34.1 Å². The number of hydrogen-bond donors (Lipinski definition) is 1. The van der Waals surface area contributed by atoms with E-state index in [4.69, 9.17) is 4.74 Å². The summed E-state index contributed by atoms with van der Waals surface area (Å²) in [5.41, 5.74) is 0.822. The first kappa shape index (κ1) is 14.5. The average molecular weight is 340 g/mol. The van der Waals surface area contributed by atoms with Gasteiger partial charge in [-0.15, -0.1) is 13.2 Å². The van der Waals surface area contributed by atoms with Crippen LogP contribution in [0.1, 0.15) is 6.92 Å². The van der Waals surface area contributed by atoms with Crippen LogP contribution in [0.5, 0.6) is 5.75 Å². The van der Waals surface area contributed by atoms with Gasteiger partial charge < -0.3 is 14.8 Å². The number of anilines is 1. The van der Waals surface area contributed by atoms with E-state index in [0.717, 1.165) is 5.69 Å². The lowest BCUT2D eigenvalue weighted by atomic mass is 9.89. The summed E-state index contributed by atoms with van der Waals surface area (Å²) in [6, 6.07) is 4.39. The molecule has 1 aromatic rings. The average Bonchev–Trinajstić information content (AvgIpc) is 2.25. The summed E-state index contributed by atoms with van der Waals surface area (Å²) in [6.07, 6.45) is -4.69. The quantitative estimate of drug-likeness (QED) is 0.905. The van der Waals surface area contributed by atoms with Crippen LogP contribution in [0.4, 0.5) is 18.9 Å². The summed E-state index contributed by atoms with van der Waals surface area (Å²) in [6.45, 7) is 4.17. The van der Waals surface area contributed by atoms with E-state index >= 15 is 0 Å². The molecule has 1 aliphatic heterocycles. The molecule has 0 atom stereocenters. The lowest BCUT2D eigenvalue weighted by molar-refractivity contribution is -0.274. The minimum absolute atomic E-state index is 0.0909. The van der Waals surface area contributed by atoms with Gasteiger partial charge in [-0.2, -0.15) is 0 Å². The molecule has 7 heteroatoms. The van der Waals surface area contributed by atoms with Crippen molar-refractivity contribution in [1.82, 2.24) is 0 Å². The van der Waals surface area contributed by atoms with E-state index in [0.29, 0.717) is 19.8 Å². The van der Waals surface area contributed by atoms with Gasteiger partial charge in [0.05, 0.1) is 17.7 Å². The first-order valence-electron chi connectivity index (χ1n) is 5.64. The SMILES string of the molecule is CC1(CNc2ccc(OC(F)(F)F)c(Br)c2)COC1. The Bertz CT molecular complexity index is 461. The normalized spacial score (nSPS) is 17.7. The van der Waals surface area contributed by atoms with Gasteiger partial charge in [0.15, 0.2) is 0 Å². The van der Waals surface area contributed by atoms with E-state index in [1.54, 1.807) is 12.1 Å². The molecule has 0 bridgehead atoms. The van der Waals surface area contributed by atoms with E-state index < -0.39 is 6.36 Å². The highest BCUT2D eigenvalue weighted by molar-refractivity contribution is 9.10. The van der Waals surface area contributed by atoms with Crippen molar-refractivity contribution in [2.75, 3.05) is 25.1 Å². The van der Waals surface area contributed by atoms with E-state index in [2.05, 4.69) is 32.9 Å². The topological polar surface area (TPSA) is 30.5 Å². The second kappa shape index (κ2) is 5.20. The Morgan fingerprint density at radius 2 is 2.11 bits per heavy atom. The van der Waals surface area contributed by atoms with Crippen LogP contribution < -0.4 is 10.1 Å². The summed E-state index contributed by atoms with van der Waals surface area (Å²) in [7, 11) is 0. The molecule has 1 N–H and O–H groups in total. The van der Waals surface area contributed by atoms with Crippen LogP contribution in [0.3, 0.4) is 0 Å². The van der Waals surface area contributed by atoms with Gasteiger partial charge in [0.25, 0.3) is 0 Å². The standard InChI is InChI=1S/C12H13BrF3NO2/c1-11(6-18-7-11)5-17-8-2-3-10(9(13)4-8)19-12(14,15)16/h2-4,17H,5-7H2,1H3. The molecule has 0 spiro atoms. The minimum Gasteiger partial charge on any atom is -0.405 e. The molecular weight excluding hydrogens is 327 g/mol. The Balaban J connectivity index is 1.98. The van der Waals surface area contributed by atoms with Crippen LogP contribution in [-0.2, 0) is 4.74 Å². The highest BCUT2D eigenvalue weighted by Gasteiger charge is 2.33. The van der Waals surface area contributed by atoms with E-state index in [9.17, 15) is 13.2 Å². The number of alkyl halides is 3. The molecule has 0 unspecified atom stereocenters. The molecule has 3 nitrogen and oxygen atoms in total. The molecule has 0 radical (unpaired) electrons. The Kier molecular flexibility index (Phi) is 3.96. The smallest absolute Gasteiger partial charge is 0.405 e. The van der Waals surface area contributed by atoms with Crippen molar-refractivity contribution in [3.63, 3.8) is 0 Å². The van der Waals surface area contributed by atoms with Crippen molar-refractivity contribution in [2.45, 2.75) is 13.3 Å². The Morgan fingerprint density at radius 1 is 1.42 bits per heavy atom. The van der Waals surface area contributed by atoms with Crippen molar-refractivity contribution < 1.29 is 22.6 Å². The van der Waals surface area contributed by atoms with Gasteiger partial charge in [-0.3, -0.25) is 0 Å². The molecule has 1 aliphatic rings. The maximum Gasteiger partial charge on any atom is 0.573 e. The minimum atomic E-state index is -4.69. The molecule has 1 heterocycles. The predicted molar refractivity (Wildman–Crippen MR) is 68.2 cm³/mol. The van der Waals surface area contributed by atoms with E-state index in [1.807, 2.05) is 0 Å². The van der Waals surface area contributed by atoms with Crippen LogP contribution in [-0.4, -0.2) is 26.1 Å². The highest BCUT2D eigenvalue weighted by atomic mass is 79.9. The zero-order valence-electron chi connectivity index (χ0n) is 10.2. The summed E-state index contributed by atoms with van der Waals surface area (Å²) >= 11 is 3.06. The largest absolute Gasteiger partial charge is 0.573 e. The first-order chi connectivity index (χ1) is 8.77. The third kappa shape index (κ3) is 4.01. The molecule has 0 aromatic heterocycles. The zero-order chi connectivity index (χ0) is 14.1. The Hall–Kier alpha value is -0.950. The maximum atomic E-state index is 12.1.